The standard InChI is InChI=1S/C12H11Br3N2S/c13-8-3-7(4-9(14)5-8)11(17-16)6-12-10(15)1-2-18-12/h1-5,11,17H,6,16H2. The molecule has 96 valence electrons. The Morgan fingerprint density at radius 2 is 1.83 bits per heavy atom. The minimum atomic E-state index is 0.0914. The predicted molar refractivity (Wildman–Crippen MR) is 87.6 cm³/mol. The number of benzene rings is 1. The Kier molecular flexibility index (Phi) is 5.41. The van der Waals surface area contributed by atoms with E-state index in [1.807, 2.05) is 6.07 Å². The van der Waals surface area contributed by atoms with E-state index in [1.165, 1.54) is 4.88 Å². The molecule has 0 amide bonds. The quantitative estimate of drug-likeness (QED) is 0.515. The van der Waals surface area contributed by atoms with Gasteiger partial charge in [-0.3, -0.25) is 11.3 Å². The van der Waals surface area contributed by atoms with Gasteiger partial charge in [0.25, 0.3) is 0 Å². The molecule has 0 aliphatic carbocycles. The minimum Gasteiger partial charge on any atom is -0.271 e. The first-order chi connectivity index (χ1) is 8.60. The van der Waals surface area contributed by atoms with Crippen LogP contribution >= 0.6 is 59.1 Å². The molecule has 1 unspecified atom stereocenters. The van der Waals surface area contributed by atoms with Crippen LogP contribution in [0.1, 0.15) is 16.5 Å². The van der Waals surface area contributed by atoms with Gasteiger partial charge in [-0.1, -0.05) is 31.9 Å². The van der Waals surface area contributed by atoms with Gasteiger partial charge in [-0.15, -0.1) is 11.3 Å². The molecule has 2 aromatic rings. The van der Waals surface area contributed by atoms with E-state index in [2.05, 4.69) is 76.8 Å². The lowest BCUT2D eigenvalue weighted by Crippen LogP contribution is -2.29. The Labute approximate surface area is 135 Å². The molecule has 1 aromatic heterocycles. The normalized spacial score (nSPS) is 12.7. The molecule has 0 radical (unpaired) electrons. The fourth-order valence-corrected chi connectivity index (χ4v) is 4.60. The smallest absolute Gasteiger partial charge is 0.0509 e. The van der Waals surface area contributed by atoms with Crippen molar-refractivity contribution in [1.82, 2.24) is 5.43 Å². The van der Waals surface area contributed by atoms with Crippen LogP contribution in [0.15, 0.2) is 43.1 Å². The monoisotopic (exact) mass is 452 g/mol. The molecule has 0 aliphatic rings. The Morgan fingerprint density at radius 3 is 2.33 bits per heavy atom. The van der Waals surface area contributed by atoms with Crippen molar-refractivity contribution in [2.45, 2.75) is 12.5 Å². The lowest BCUT2D eigenvalue weighted by atomic mass is 10.0. The zero-order chi connectivity index (χ0) is 13.1. The first-order valence-electron chi connectivity index (χ1n) is 5.24. The van der Waals surface area contributed by atoms with Crippen LogP contribution in [0.2, 0.25) is 0 Å². The highest BCUT2D eigenvalue weighted by molar-refractivity contribution is 9.11. The summed E-state index contributed by atoms with van der Waals surface area (Å²) in [6, 6.07) is 8.32. The number of thiophene rings is 1. The molecular weight excluding hydrogens is 444 g/mol. The molecule has 0 aliphatic heterocycles. The number of hydrogen-bond donors (Lipinski definition) is 2. The van der Waals surface area contributed by atoms with Gasteiger partial charge >= 0.3 is 0 Å². The summed E-state index contributed by atoms with van der Waals surface area (Å²) in [5.41, 5.74) is 4.03. The first-order valence-corrected chi connectivity index (χ1v) is 8.50. The van der Waals surface area contributed by atoms with E-state index >= 15 is 0 Å². The summed E-state index contributed by atoms with van der Waals surface area (Å²) in [4.78, 5) is 1.29. The van der Waals surface area contributed by atoms with Crippen LogP contribution in [0.3, 0.4) is 0 Å². The number of halogens is 3. The average Bonchev–Trinajstić information content (AvgIpc) is 2.70. The van der Waals surface area contributed by atoms with Crippen molar-refractivity contribution >= 4 is 59.1 Å². The van der Waals surface area contributed by atoms with Crippen LogP contribution in [0.4, 0.5) is 0 Å². The first kappa shape index (κ1) is 14.7. The van der Waals surface area contributed by atoms with Crippen LogP contribution in [0, 0.1) is 0 Å². The lowest BCUT2D eigenvalue weighted by Gasteiger charge is -2.16. The maximum atomic E-state index is 5.68. The summed E-state index contributed by atoms with van der Waals surface area (Å²) >= 11 is 12.3. The number of hydrazine groups is 1. The minimum absolute atomic E-state index is 0.0914. The van der Waals surface area contributed by atoms with Crippen LogP contribution in [0.5, 0.6) is 0 Å². The molecule has 0 saturated heterocycles. The summed E-state index contributed by atoms with van der Waals surface area (Å²) in [5, 5.41) is 2.07. The third-order valence-electron chi connectivity index (χ3n) is 2.57. The van der Waals surface area contributed by atoms with E-state index in [0.29, 0.717) is 0 Å². The fourth-order valence-electron chi connectivity index (χ4n) is 1.71. The van der Waals surface area contributed by atoms with Crippen molar-refractivity contribution in [2.75, 3.05) is 0 Å². The van der Waals surface area contributed by atoms with Crippen molar-refractivity contribution in [3.63, 3.8) is 0 Å². The summed E-state index contributed by atoms with van der Waals surface area (Å²) in [6.45, 7) is 0. The van der Waals surface area contributed by atoms with Crippen molar-refractivity contribution < 1.29 is 0 Å². The van der Waals surface area contributed by atoms with Gasteiger partial charge in [0, 0.05) is 24.7 Å². The third kappa shape index (κ3) is 3.65. The Bertz CT molecular complexity index is 522. The molecule has 18 heavy (non-hydrogen) atoms. The molecule has 2 rings (SSSR count). The second kappa shape index (κ2) is 6.63. The maximum Gasteiger partial charge on any atom is 0.0509 e. The Hall–Kier alpha value is 0.280. The maximum absolute atomic E-state index is 5.68. The molecule has 3 N–H and O–H groups in total. The molecular formula is C12H11Br3N2S. The summed E-state index contributed by atoms with van der Waals surface area (Å²) < 4.78 is 3.22. The highest BCUT2D eigenvalue weighted by Crippen LogP contribution is 2.30. The number of nitrogens with one attached hydrogen (secondary N) is 1. The fraction of sp³-hybridized carbons (Fsp3) is 0.167. The van der Waals surface area contributed by atoms with E-state index in [1.54, 1.807) is 11.3 Å². The van der Waals surface area contributed by atoms with Gasteiger partial charge in [0.2, 0.25) is 0 Å². The molecule has 0 bridgehead atoms. The molecule has 0 saturated carbocycles. The van der Waals surface area contributed by atoms with Crippen molar-refractivity contribution in [3.8, 4) is 0 Å². The Morgan fingerprint density at radius 1 is 1.17 bits per heavy atom. The summed E-state index contributed by atoms with van der Waals surface area (Å²) in [6.07, 6.45) is 0.859. The third-order valence-corrected chi connectivity index (χ3v) is 5.43. The van der Waals surface area contributed by atoms with Gasteiger partial charge in [0.1, 0.15) is 0 Å². The van der Waals surface area contributed by atoms with Crippen LogP contribution in [0.25, 0.3) is 0 Å². The van der Waals surface area contributed by atoms with Gasteiger partial charge in [0.05, 0.1) is 6.04 Å². The van der Waals surface area contributed by atoms with E-state index < -0.39 is 0 Å². The molecule has 1 heterocycles. The van der Waals surface area contributed by atoms with E-state index in [4.69, 9.17) is 5.84 Å². The average molecular weight is 455 g/mol. The second-order valence-electron chi connectivity index (χ2n) is 3.82. The van der Waals surface area contributed by atoms with Gasteiger partial charge < -0.3 is 0 Å². The number of rotatable bonds is 4. The van der Waals surface area contributed by atoms with Gasteiger partial charge in [0.15, 0.2) is 0 Å². The molecule has 0 spiro atoms. The van der Waals surface area contributed by atoms with Gasteiger partial charge in [-0.05, 0) is 51.1 Å². The van der Waals surface area contributed by atoms with Gasteiger partial charge in [-0.25, -0.2) is 0 Å². The van der Waals surface area contributed by atoms with Crippen molar-refractivity contribution in [2.24, 2.45) is 5.84 Å². The number of hydrogen-bond acceptors (Lipinski definition) is 3. The topological polar surface area (TPSA) is 38.0 Å². The highest BCUT2D eigenvalue weighted by atomic mass is 79.9. The lowest BCUT2D eigenvalue weighted by molar-refractivity contribution is 0.554. The van der Waals surface area contributed by atoms with Crippen molar-refractivity contribution in [3.05, 3.63) is 53.5 Å². The van der Waals surface area contributed by atoms with E-state index in [-0.39, 0.29) is 6.04 Å². The molecule has 2 nitrogen and oxygen atoms in total. The zero-order valence-corrected chi connectivity index (χ0v) is 14.9. The highest BCUT2D eigenvalue weighted by Gasteiger charge is 2.14. The van der Waals surface area contributed by atoms with Crippen LogP contribution in [-0.4, -0.2) is 0 Å². The SMILES string of the molecule is NNC(Cc1sccc1Br)c1cc(Br)cc(Br)c1. The van der Waals surface area contributed by atoms with Gasteiger partial charge in [-0.2, -0.15) is 0 Å². The van der Waals surface area contributed by atoms with Crippen LogP contribution in [-0.2, 0) is 6.42 Å². The van der Waals surface area contributed by atoms with E-state index in [9.17, 15) is 0 Å². The predicted octanol–water partition coefficient (Wildman–Crippen LogP) is 4.78. The molecule has 1 aromatic carbocycles. The summed E-state index contributed by atoms with van der Waals surface area (Å²) in [7, 11) is 0. The molecule has 1 atom stereocenters. The number of nitrogens with two attached hydrogens (primary N) is 1. The Balaban J connectivity index is 2.25. The van der Waals surface area contributed by atoms with Crippen molar-refractivity contribution in [1.29, 1.82) is 0 Å². The zero-order valence-electron chi connectivity index (χ0n) is 9.29. The van der Waals surface area contributed by atoms with E-state index in [0.717, 1.165) is 25.4 Å². The molecule has 0 fully saturated rings. The van der Waals surface area contributed by atoms with Crippen LogP contribution < -0.4 is 11.3 Å². The largest absolute Gasteiger partial charge is 0.271 e. The molecule has 6 heteroatoms. The second-order valence-corrected chi connectivity index (χ2v) is 7.50. The summed E-state index contributed by atoms with van der Waals surface area (Å²) in [5.74, 6) is 5.68.